The number of anilines is 1. The van der Waals surface area contributed by atoms with Crippen molar-refractivity contribution in [3.8, 4) is 0 Å². The van der Waals surface area contributed by atoms with Crippen molar-refractivity contribution in [2.45, 2.75) is 43.0 Å². The fourth-order valence-electron chi connectivity index (χ4n) is 2.95. The van der Waals surface area contributed by atoms with Crippen molar-refractivity contribution in [1.82, 2.24) is 4.72 Å². The summed E-state index contributed by atoms with van der Waals surface area (Å²) in [6.07, 6.45) is 3.29. The van der Waals surface area contributed by atoms with E-state index >= 15 is 0 Å². The summed E-state index contributed by atoms with van der Waals surface area (Å²) in [6.45, 7) is 1.89. The summed E-state index contributed by atoms with van der Waals surface area (Å²) in [4.78, 5) is 0.148. The van der Waals surface area contributed by atoms with Crippen LogP contribution in [0.4, 0.5) is 5.69 Å². The Hall–Kier alpha value is -0.630. The van der Waals surface area contributed by atoms with Gasteiger partial charge in [-0.25, -0.2) is 13.1 Å². The van der Waals surface area contributed by atoms with Crippen molar-refractivity contribution in [3.05, 3.63) is 22.7 Å². The third-order valence-corrected chi connectivity index (χ3v) is 6.29. The van der Waals surface area contributed by atoms with Gasteiger partial charge in [-0.2, -0.15) is 0 Å². The topological polar surface area (TPSA) is 92.4 Å². The van der Waals surface area contributed by atoms with Gasteiger partial charge in [-0.1, -0.05) is 19.8 Å². The first kappa shape index (κ1) is 16.7. The molecular formula is C14H21BrN2O3S. The van der Waals surface area contributed by atoms with Crippen LogP contribution < -0.4 is 10.5 Å². The van der Waals surface area contributed by atoms with E-state index in [1.54, 1.807) is 6.07 Å². The number of nitrogens with two attached hydrogens (primary N) is 1. The van der Waals surface area contributed by atoms with Crippen molar-refractivity contribution in [2.24, 2.45) is 5.92 Å². The van der Waals surface area contributed by atoms with Crippen molar-refractivity contribution < 1.29 is 13.5 Å². The molecule has 2 rings (SSSR count). The molecule has 4 N–H and O–H groups in total. The molecular weight excluding hydrogens is 356 g/mol. The van der Waals surface area contributed by atoms with Crippen LogP contribution >= 0.6 is 15.9 Å². The maximum atomic E-state index is 12.6. The number of hydrogen-bond acceptors (Lipinski definition) is 4. The maximum absolute atomic E-state index is 12.6. The first-order valence-corrected chi connectivity index (χ1v) is 9.25. The van der Waals surface area contributed by atoms with Gasteiger partial charge in [0.2, 0.25) is 10.0 Å². The van der Waals surface area contributed by atoms with Gasteiger partial charge < -0.3 is 10.8 Å². The fraction of sp³-hybridized carbons (Fsp3) is 0.571. The quantitative estimate of drug-likeness (QED) is 0.702. The number of hydrogen-bond donors (Lipinski definition) is 3. The lowest BCUT2D eigenvalue weighted by Gasteiger charge is -2.39. The van der Waals surface area contributed by atoms with Crippen LogP contribution in [0.2, 0.25) is 0 Å². The zero-order valence-corrected chi connectivity index (χ0v) is 14.4. The molecule has 1 aliphatic carbocycles. The number of aliphatic hydroxyl groups is 1. The molecule has 0 aliphatic heterocycles. The molecule has 1 saturated carbocycles. The third-order valence-electron chi connectivity index (χ3n) is 4.03. The molecule has 1 aromatic carbocycles. The van der Waals surface area contributed by atoms with E-state index in [1.807, 2.05) is 0 Å². The predicted octanol–water partition coefficient (Wildman–Crippen LogP) is 2.25. The van der Waals surface area contributed by atoms with E-state index in [0.29, 0.717) is 28.9 Å². The van der Waals surface area contributed by atoms with Crippen molar-refractivity contribution in [2.75, 3.05) is 12.3 Å². The molecule has 0 saturated heterocycles. The minimum absolute atomic E-state index is 0.148. The van der Waals surface area contributed by atoms with Crippen LogP contribution in [0.1, 0.15) is 32.6 Å². The first-order chi connectivity index (χ1) is 9.78. The Labute approximate surface area is 134 Å². The molecule has 0 spiro atoms. The second-order valence-corrected chi connectivity index (χ2v) is 8.47. The number of aliphatic hydroxyl groups excluding tert-OH is 1. The third kappa shape index (κ3) is 3.77. The van der Waals surface area contributed by atoms with E-state index in [4.69, 9.17) is 5.73 Å². The lowest BCUT2D eigenvalue weighted by Crippen LogP contribution is -2.53. The highest BCUT2D eigenvalue weighted by atomic mass is 79.9. The molecule has 1 aliphatic rings. The number of sulfonamides is 1. The molecule has 21 heavy (non-hydrogen) atoms. The van der Waals surface area contributed by atoms with Gasteiger partial charge in [0.25, 0.3) is 0 Å². The SMILES string of the molecule is CC1CCCC(CO)(NS(=O)(=O)c2ccc(N)c(Br)c2)C1. The van der Waals surface area contributed by atoms with E-state index in [0.717, 1.165) is 12.8 Å². The Morgan fingerprint density at radius 3 is 2.81 bits per heavy atom. The minimum atomic E-state index is -3.69. The second-order valence-electron chi connectivity index (χ2n) is 5.93. The summed E-state index contributed by atoms with van der Waals surface area (Å²) in [5.41, 5.74) is 5.41. The van der Waals surface area contributed by atoms with Crippen molar-refractivity contribution in [3.63, 3.8) is 0 Å². The zero-order valence-electron chi connectivity index (χ0n) is 12.0. The molecule has 0 amide bonds. The summed E-state index contributed by atoms with van der Waals surface area (Å²) in [7, 11) is -3.69. The molecule has 5 nitrogen and oxygen atoms in total. The molecule has 2 unspecified atom stereocenters. The van der Waals surface area contributed by atoms with Crippen LogP contribution in [0.15, 0.2) is 27.6 Å². The number of benzene rings is 1. The molecule has 0 heterocycles. The Morgan fingerprint density at radius 1 is 1.52 bits per heavy atom. The van der Waals surface area contributed by atoms with Gasteiger partial charge in [0.1, 0.15) is 0 Å². The molecule has 2 atom stereocenters. The maximum Gasteiger partial charge on any atom is 0.241 e. The van der Waals surface area contributed by atoms with Gasteiger partial charge in [0.15, 0.2) is 0 Å². The van der Waals surface area contributed by atoms with E-state index in [2.05, 4.69) is 27.6 Å². The van der Waals surface area contributed by atoms with E-state index in [9.17, 15) is 13.5 Å². The average molecular weight is 377 g/mol. The summed E-state index contributed by atoms with van der Waals surface area (Å²) in [5, 5.41) is 9.71. The zero-order chi connectivity index (χ0) is 15.7. The molecule has 0 bridgehead atoms. The molecule has 1 aromatic rings. The Kier molecular flexibility index (Phi) is 4.97. The predicted molar refractivity (Wildman–Crippen MR) is 86.3 cm³/mol. The molecule has 118 valence electrons. The summed E-state index contributed by atoms with van der Waals surface area (Å²) in [6, 6.07) is 4.50. The van der Waals surface area contributed by atoms with Crippen LogP contribution in [0.25, 0.3) is 0 Å². The number of nitrogen functional groups attached to an aromatic ring is 1. The highest BCUT2D eigenvalue weighted by Crippen LogP contribution is 2.33. The fourth-order valence-corrected chi connectivity index (χ4v) is 4.94. The highest BCUT2D eigenvalue weighted by molar-refractivity contribution is 9.10. The van der Waals surface area contributed by atoms with Gasteiger partial charge in [0.05, 0.1) is 17.0 Å². The number of halogens is 1. The number of rotatable bonds is 4. The summed E-state index contributed by atoms with van der Waals surface area (Å²) in [5.74, 6) is 0.395. The lowest BCUT2D eigenvalue weighted by atomic mass is 9.78. The Morgan fingerprint density at radius 2 is 2.24 bits per heavy atom. The number of nitrogens with one attached hydrogen (secondary N) is 1. The van der Waals surface area contributed by atoms with Gasteiger partial charge in [0, 0.05) is 10.2 Å². The molecule has 0 radical (unpaired) electrons. The van der Waals surface area contributed by atoms with Gasteiger partial charge in [-0.3, -0.25) is 0 Å². The summed E-state index contributed by atoms with van der Waals surface area (Å²) >= 11 is 3.24. The largest absolute Gasteiger partial charge is 0.398 e. The lowest BCUT2D eigenvalue weighted by molar-refractivity contribution is 0.120. The van der Waals surface area contributed by atoms with Crippen LogP contribution in [0.3, 0.4) is 0 Å². The highest BCUT2D eigenvalue weighted by Gasteiger charge is 2.38. The second kappa shape index (κ2) is 6.24. The monoisotopic (exact) mass is 376 g/mol. The van der Waals surface area contributed by atoms with Crippen molar-refractivity contribution >= 4 is 31.6 Å². The van der Waals surface area contributed by atoms with E-state index < -0.39 is 15.6 Å². The standard InChI is InChI=1S/C14H21BrN2O3S/c1-10-3-2-6-14(8-10,9-18)17-21(19,20)11-4-5-13(16)12(15)7-11/h4-5,7,10,17-18H,2-3,6,8-9,16H2,1H3. The molecule has 7 heteroatoms. The van der Waals surface area contributed by atoms with Gasteiger partial charge in [-0.05, 0) is 52.9 Å². The van der Waals surface area contributed by atoms with Gasteiger partial charge >= 0.3 is 0 Å². The molecule has 0 aromatic heterocycles. The smallest absolute Gasteiger partial charge is 0.241 e. The molecule has 1 fully saturated rings. The van der Waals surface area contributed by atoms with E-state index in [1.165, 1.54) is 12.1 Å². The van der Waals surface area contributed by atoms with Crippen LogP contribution in [-0.2, 0) is 10.0 Å². The minimum Gasteiger partial charge on any atom is -0.398 e. The Bertz CT molecular complexity index is 621. The van der Waals surface area contributed by atoms with E-state index in [-0.39, 0.29) is 11.5 Å². The van der Waals surface area contributed by atoms with Crippen LogP contribution in [0.5, 0.6) is 0 Å². The van der Waals surface area contributed by atoms with Crippen molar-refractivity contribution in [1.29, 1.82) is 0 Å². The first-order valence-electron chi connectivity index (χ1n) is 6.98. The van der Waals surface area contributed by atoms with Gasteiger partial charge in [-0.15, -0.1) is 0 Å². The normalized spacial score (nSPS) is 26.7. The van der Waals surface area contributed by atoms with Crippen LogP contribution in [-0.4, -0.2) is 25.7 Å². The average Bonchev–Trinajstić information content (AvgIpc) is 2.41. The Balaban J connectivity index is 2.28. The summed E-state index contributed by atoms with van der Waals surface area (Å²) < 4.78 is 28.4. The van der Waals surface area contributed by atoms with Crippen LogP contribution in [0, 0.1) is 5.92 Å².